The zero-order chi connectivity index (χ0) is 13.2. The van der Waals surface area contributed by atoms with Gasteiger partial charge in [0.15, 0.2) is 0 Å². The van der Waals surface area contributed by atoms with Gasteiger partial charge >= 0.3 is 5.97 Å². The molecule has 0 saturated carbocycles. The first-order valence-corrected chi connectivity index (χ1v) is 6.10. The Labute approximate surface area is 102 Å². The molecule has 0 aliphatic carbocycles. The van der Waals surface area contributed by atoms with E-state index in [0.29, 0.717) is 25.4 Å². The maximum Gasteiger partial charge on any atom is 0.308 e. The lowest BCUT2D eigenvalue weighted by molar-refractivity contribution is -0.142. The summed E-state index contributed by atoms with van der Waals surface area (Å²) in [5.74, 6) is -1.03. The molecule has 0 bridgehead atoms. The lowest BCUT2D eigenvalue weighted by Crippen LogP contribution is -2.43. The second-order valence-corrected chi connectivity index (χ2v) is 5.40. The summed E-state index contributed by atoms with van der Waals surface area (Å²) in [6, 6.07) is -0.505. The Balaban J connectivity index is 2.58. The Morgan fingerprint density at radius 2 is 2.00 bits per heavy atom. The first-order valence-electron chi connectivity index (χ1n) is 6.10. The first kappa shape index (κ1) is 14.0. The summed E-state index contributed by atoms with van der Waals surface area (Å²) in [6.45, 7) is 6.68. The highest BCUT2D eigenvalue weighted by molar-refractivity contribution is 5.83. The summed E-state index contributed by atoms with van der Waals surface area (Å²) in [5.41, 5.74) is 5.83. The van der Waals surface area contributed by atoms with Crippen LogP contribution in [-0.4, -0.2) is 41.0 Å². The van der Waals surface area contributed by atoms with E-state index >= 15 is 0 Å². The Kier molecular flexibility index (Phi) is 4.51. The third kappa shape index (κ3) is 3.43. The molecule has 1 aliphatic rings. The number of aliphatic carboxylic acids is 1. The number of nitrogens with two attached hydrogens (primary N) is 1. The standard InChI is InChI=1S/C12H22N2O3/c1-7(2)4-10(13)11(15)14-5-8(3)9(6-14)12(16)17/h7-10H,4-6,13H2,1-3H3,(H,16,17). The number of carboxylic acid groups (broad SMARTS) is 1. The van der Waals surface area contributed by atoms with E-state index in [1.54, 1.807) is 4.90 Å². The van der Waals surface area contributed by atoms with Gasteiger partial charge in [-0.3, -0.25) is 9.59 Å². The minimum absolute atomic E-state index is 0.00250. The number of hydrogen-bond acceptors (Lipinski definition) is 3. The molecule has 5 nitrogen and oxygen atoms in total. The van der Waals surface area contributed by atoms with Crippen LogP contribution in [0.15, 0.2) is 0 Å². The van der Waals surface area contributed by atoms with Crippen LogP contribution in [0.2, 0.25) is 0 Å². The van der Waals surface area contributed by atoms with E-state index < -0.39 is 17.9 Å². The van der Waals surface area contributed by atoms with Crippen LogP contribution in [0, 0.1) is 17.8 Å². The number of carboxylic acids is 1. The molecule has 5 heteroatoms. The maximum absolute atomic E-state index is 12.0. The van der Waals surface area contributed by atoms with Crippen molar-refractivity contribution in [2.24, 2.45) is 23.5 Å². The van der Waals surface area contributed by atoms with Gasteiger partial charge in [0.05, 0.1) is 12.0 Å². The Morgan fingerprint density at radius 1 is 1.41 bits per heavy atom. The van der Waals surface area contributed by atoms with Crippen molar-refractivity contribution in [3.05, 3.63) is 0 Å². The topological polar surface area (TPSA) is 83.6 Å². The van der Waals surface area contributed by atoms with Gasteiger partial charge in [0.25, 0.3) is 0 Å². The minimum Gasteiger partial charge on any atom is -0.481 e. The SMILES string of the molecule is CC(C)CC(N)C(=O)N1CC(C)C(C(=O)O)C1. The number of hydrogen-bond donors (Lipinski definition) is 2. The minimum atomic E-state index is -0.828. The van der Waals surface area contributed by atoms with E-state index in [1.165, 1.54) is 0 Å². The summed E-state index contributed by atoms with van der Waals surface area (Å²) in [4.78, 5) is 24.6. The monoisotopic (exact) mass is 242 g/mol. The van der Waals surface area contributed by atoms with Crippen molar-refractivity contribution in [3.8, 4) is 0 Å². The lowest BCUT2D eigenvalue weighted by atomic mass is 9.99. The fourth-order valence-electron chi connectivity index (χ4n) is 2.31. The van der Waals surface area contributed by atoms with Crippen LogP contribution in [0.25, 0.3) is 0 Å². The number of carbonyl (C=O) groups is 2. The normalized spacial score (nSPS) is 26.3. The van der Waals surface area contributed by atoms with Crippen molar-refractivity contribution in [3.63, 3.8) is 0 Å². The van der Waals surface area contributed by atoms with Crippen molar-refractivity contribution in [2.45, 2.75) is 33.2 Å². The molecule has 1 heterocycles. The maximum atomic E-state index is 12.0. The van der Waals surface area contributed by atoms with Gasteiger partial charge in [0.1, 0.15) is 0 Å². The number of nitrogens with zero attached hydrogens (tertiary/aromatic N) is 1. The van der Waals surface area contributed by atoms with Gasteiger partial charge in [-0.05, 0) is 18.3 Å². The summed E-state index contributed by atoms with van der Waals surface area (Å²) >= 11 is 0. The molecule has 1 fully saturated rings. The molecule has 17 heavy (non-hydrogen) atoms. The van der Waals surface area contributed by atoms with Crippen molar-refractivity contribution in [1.82, 2.24) is 4.90 Å². The second kappa shape index (κ2) is 5.49. The Bertz CT molecular complexity index is 304. The molecule has 0 radical (unpaired) electrons. The van der Waals surface area contributed by atoms with Crippen LogP contribution in [-0.2, 0) is 9.59 Å². The molecular weight excluding hydrogens is 220 g/mol. The van der Waals surface area contributed by atoms with Gasteiger partial charge in [-0.1, -0.05) is 20.8 Å². The highest BCUT2D eigenvalue weighted by atomic mass is 16.4. The summed E-state index contributed by atoms with van der Waals surface area (Å²) < 4.78 is 0. The fraction of sp³-hybridized carbons (Fsp3) is 0.833. The molecule has 1 aliphatic heterocycles. The van der Waals surface area contributed by atoms with Crippen LogP contribution in [0.1, 0.15) is 27.2 Å². The van der Waals surface area contributed by atoms with Crippen LogP contribution >= 0.6 is 0 Å². The van der Waals surface area contributed by atoms with Gasteiger partial charge < -0.3 is 15.7 Å². The van der Waals surface area contributed by atoms with Crippen LogP contribution in [0.4, 0.5) is 0 Å². The molecule has 0 aromatic carbocycles. The predicted molar refractivity (Wildman–Crippen MR) is 64.3 cm³/mol. The second-order valence-electron chi connectivity index (χ2n) is 5.40. The molecule has 1 saturated heterocycles. The van der Waals surface area contributed by atoms with Crippen LogP contribution in [0.3, 0.4) is 0 Å². The summed E-state index contributed by atoms with van der Waals surface area (Å²) in [6.07, 6.45) is 0.640. The Morgan fingerprint density at radius 3 is 2.41 bits per heavy atom. The third-order valence-corrected chi connectivity index (χ3v) is 3.28. The summed E-state index contributed by atoms with van der Waals surface area (Å²) in [7, 11) is 0. The van der Waals surface area contributed by atoms with Crippen molar-refractivity contribution >= 4 is 11.9 Å². The largest absolute Gasteiger partial charge is 0.481 e. The highest BCUT2D eigenvalue weighted by Crippen LogP contribution is 2.24. The third-order valence-electron chi connectivity index (χ3n) is 3.28. The number of rotatable bonds is 4. The van der Waals surface area contributed by atoms with Crippen molar-refractivity contribution < 1.29 is 14.7 Å². The van der Waals surface area contributed by atoms with E-state index in [0.717, 1.165) is 0 Å². The van der Waals surface area contributed by atoms with Crippen LogP contribution < -0.4 is 5.73 Å². The molecule has 1 amide bonds. The molecule has 3 unspecified atom stereocenters. The molecule has 0 aromatic heterocycles. The van der Waals surface area contributed by atoms with E-state index in [9.17, 15) is 9.59 Å². The van der Waals surface area contributed by atoms with Gasteiger partial charge in [-0.15, -0.1) is 0 Å². The number of likely N-dealkylation sites (tertiary alicyclic amines) is 1. The molecular formula is C12H22N2O3. The predicted octanol–water partition coefficient (Wildman–Crippen LogP) is 0.539. The Hall–Kier alpha value is -1.10. The van der Waals surface area contributed by atoms with Gasteiger partial charge in [0, 0.05) is 13.1 Å². The quantitative estimate of drug-likeness (QED) is 0.753. The average Bonchev–Trinajstić information content (AvgIpc) is 2.58. The van der Waals surface area contributed by atoms with Gasteiger partial charge in [0.2, 0.25) is 5.91 Å². The zero-order valence-corrected chi connectivity index (χ0v) is 10.7. The molecule has 0 spiro atoms. The van der Waals surface area contributed by atoms with E-state index in [-0.39, 0.29) is 11.8 Å². The number of amides is 1. The highest BCUT2D eigenvalue weighted by Gasteiger charge is 2.38. The van der Waals surface area contributed by atoms with Crippen molar-refractivity contribution in [2.75, 3.05) is 13.1 Å². The van der Waals surface area contributed by atoms with Crippen LogP contribution in [0.5, 0.6) is 0 Å². The van der Waals surface area contributed by atoms with Gasteiger partial charge in [-0.2, -0.15) is 0 Å². The summed E-state index contributed by atoms with van der Waals surface area (Å²) in [5, 5.41) is 9.00. The van der Waals surface area contributed by atoms with E-state index in [4.69, 9.17) is 10.8 Å². The lowest BCUT2D eigenvalue weighted by Gasteiger charge is -2.21. The average molecular weight is 242 g/mol. The van der Waals surface area contributed by atoms with E-state index in [1.807, 2.05) is 20.8 Å². The first-order chi connectivity index (χ1) is 7.82. The number of carbonyl (C=O) groups excluding carboxylic acids is 1. The molecule has 1 rings (SSSR count). The smallest absolute Gasteiger partial charge is 0.308 e. The fourth-order valence-corrected chi connectivity index (χ4v) is 2.31. The molecule has 0 aromatic rings. The van der Waals surface area contributed by atoms with Crippen molar-refractivity contribution in [1.29, 1.82) is 0 Å². The van der Waals surface area contributed by atoms with E-state index in [2.05, 4.69) is 0 Å². The molecule has 3 atom stereocenters. The molecule has 3 N–H and O–H groups in total. The zero-order valence-electron chi connectivity index (χ0n) is 10.7. The van der Waals surface area contributed by atoms with Gasteiger partial charge in [-0.25, -0.2) is 0 Å². The molecule has 98 valence electrons.